The monoisotopic (exact) mass is 298 g/mol. The second kappa shape index (κ2) is 5.32. The van der Waals surface area contributed by atoms with Gasteiger partial charge in [0.25, 0.3) is 5.92 Å². The summed E-state index contributed by atoms with van der Waals surface area (Å²) in [6, 6.07) is -0.952. The molecule has 0 spiro atoms. The highest BCUT2D eigenvalue weighted by Gasteiger charge is 2.42. The zero-order chi connectivity index (χ0) is 14.9. The maximum atomic E-state index is 12.9. The van der Waals surface area contributed by atoms with Gasteiger partial charge >= 0.3 is 0 Å². The molecule has 0 aromatic heterocycles. The van der Waals surface area contributed by atoms with Crippen molar-refractivity contribution in [2.24, 2.45) is 0 Å². The summed E-state index contributed by atoms with van der Waals surface area (Å²) in [5, 5.41) is 4.79. The van der Waals surface area contributed by atoms with Crippen LogP contribution >= 0.6 is 0 Å². The van der Waals surface area contributed by atoms with Gasteiger partial charge in [-0.2, -0.15) is 0 Å². The molecule has 5 nitrogen and oxygen atoms in total. The molecule has 2 N–H and O–H groups in total. The van der Waals surface area contributed by atoms with E-state index in [9.17, 15) is 22.0 Å². The Bertz CT molecular complexity index is 443. The van der Waals surface area contributed by atoms with E-state index in [0.29, 0.717) is 0 Å². The number of carbonyl (C=O) groups excluding carboxylic acids is 1. The molecule has 1 heterocycles. The van der Waals surface area contributed by atoms with E-state index < -0.39 is 45.4 Å². The molecule has 0 bridgehead atoms. The standard InChI is InChI=1S/C11H20F2N2O3S/c1-10(2,3)19(17,18)5-4-14-9(16)8-6-11(12,13)7-15-8/h8,15H,4-7H2,1-3H3,(H,14,16). The summed E-state index contributed by atoms with van der Waals surface area (Å²) in [5.41, 5.74) is 0. The Morgan fingerprint density at radius 2 is 2.00 bits per heavy atom. The van der Waals surface area contributed by atoms with Gasteiger partial charge in [0.1, 0.15) is 0 Å². The lowest BCUT2D eigenvalue weighted by molar-refractivity contribution is -0.123. The molecule has 1 unspecified atom stereocenters. The predicted octanol–water partition coefficient (Wildman–Crippen LogP) is 0.313. The van der Waals surface area contributed by atoms with Crippen LogP contribution in [0.3, 0.4) is 0 Å². The Morgan fingerprint density at radius 3 is 2.42 bits per heavy atom. The fourth-order valence-corrected chi connectivity index (χ4v) is 2.62. The summed E-state index contributed by atoms with van der Waals surface area (Å²) >= 11 is 0. The summed E-state index contributed by atoms with van der Waals surface area (Å²) in [6.45, 7) is 4.13. The molecule has 1 amide bonds. The Kier molecular flexibility index (Phi) is 4.56. The smallest absolute Gasteiger partial charge is 0.262 e. The van der Waals surface area contributed by atoms with Crippen molar-refractivity contribution in [1.29, 1.82) is 0 Å². The molecule has 8 heteroatoms. The summed E-state index contributed by atoms with van der Waals surface area (Å²) in [6.07, 6.45) is -0.551. The van der Waals surface area contributed by atoms with Crippen LogP contribution < -0.4 is 10.6 Å². The van der Waals surface area contributed by atoms with Crippen LogP contribution in [-0.2, 0) is 14.6 Å². The first-order valence-electron chi connectivity index (χ1n) is 6.06. The third-order valence-electron chi connectivity index (χ3n) is 3.03. The maximum absolute atomic E-state index is 12.9. The average molecular weight is 298 g/mol. The predicted molar refractivity (Wildman–Crippen MR) is 67.9 cm³/mol. The van der Waals surface area contributed by atoms with Crippen molar-refractivity contribution in [2.75, 3.05) is 18.8 Å². The normalized spacial score (nSPS) is 23.3. The second-order valence-electron chi connectivity index (χ2n) is 5.72. The van der Waals surface area contributed by atoms with Crippen LogP contribution in [0, 0.1) is 0 Å². The van der Waals surface area contributed by atoms with Crippen LogP contribution in [-0.4, -0.2) is 49.9 Å². The molecule has 1 rings (SSSR count). The summed E-state index contributed by atoms with van der Waals surface area (Å²) in [4.78, 5) is 11.6. The largest absolute Gasteiger partial charge is 0.354 e. The summed E-state index contributed by atoms with van der Waals surface area (Å²) < 4.78 is 48.4. The van der Waals surface area contributed by atoms with Gasteiger partial charge in [0.2, 0.25) is 5.91 Å². The van der Waals surface area contributed by atoms with Gasteiger partial charge in [-0.25, -0.2) is 17.2 Å². The highest BCUT2D eigenvalue weighted by molar-refractivity contribution is 7.92. The molecule has 19 heavy (non-hydrogen) atoms. The van der Waals surface area contributed by atoms with E-state index in [1.165, 1.54) is 0 Å². The van der Waals surface area contributed by atoms with E-state index in [2.05, 4.69) is 10.6 Å². The Balaban J connectivity index is 2.41. The van der Waals surface area contributed by atoms with Crippen LogP contribution in [0.5, 0.6) is 0 Å². The van der Waals surface area contributed by atoms with Crippen molar-refractivity contribution in [3.05, 3.63) is 0 Å². The molecule has 112 valence electrons. The lowest BCUT2D eigenvalue weighted by Gasteiger charge is -2.19. The molecule has 1 aliphatic heterocycles. The lowest BCUT2D eigenvalue weighted by Crippen LogP contribution is -2.43. The van der Waals surface area contributed by atoms with Gasteiger partial charge in [-0.05, 0) is 20.8 Å². The highest BCUT2D eigenvalue weighted by atomic mass is 32.2. The first-order chi connectivity index (χ1) is 8.45. The molecule has 0 aromatic carbocycles. The first kappa shape index (κ1) is 16.3. The minimum Gasteiger partial charge on any atom is -0.354 e. The maximum Gasteiger partial charge on any atom is 0.262 e. The average Bonchev–Trinajstić information content (AvgIpc) is 2.56. The van der Waals surface area contributed by atoms with Crippen LogP contribution in [0.15, 0.2) is 0 Å². The molecule has 0 saturated carbocycles. The van der Waals surface area contributed by atoms with Crippen molar-refractivity contribution in [3.8, 4) is 0 Å². The topological polar surface area (TPSA) is 75.3 Å². The van der Waals surface area contributed by atoms with Gasteiger partial charge in [-0.15, -0.1) is 0 Å². The molecule has 0 aliphatic carbocycles. The number of sulfone groups is 1. The van der Waals surface area contributed by atoms with Gasteiger partial charge < -0.3 is 5.32 Å². The molecule has 1 atom stereocenters. The van der Waals surface area contributed by atoms with Gasteiger partial charge in [-0.1, -0.05) is 0 Å². The van der Waals surface area contributed by atoms with Crippen molar-refractivity contribution in [2.45, 2.75) is 43.9 Å². The van der Waals surface area contributed by atoms with Crippen LogP contribution in [0.25, 0.3) is 0 Å². The summed E-state index contributed by atoms with van der Waals surface area (Å²) in [5.74, 6) is -3.66. The van der Waals surface area contributed by atoms with Gasteiger partial charge in [-0.3, -0.25) is 10.1 Å². The zero-order valence-corrected chi connectivity index (χ0v) is 12.1. The van der Waals surface area contributed by atoms with E-state index in [0.717, 1.165) is 0 Å². The third kappa shape index (κ3) is 4.38. The van der Waals surface area contributed by atoms with Crippen molar-refractivity contribution in [3.63, 3.8) is 0 Å². The fourth-order valence-electron chi connectivity index (χ4n) is 1.64. The minimum absolute atomic E-state index is 0.0673. The number of hydrogen-bond donors (Lipinski definition) is 2. The van der Waals surface area contributed by atoms with Crippen molar-refractivity contribution >= 4 is 15.7 Å². The number of amides is 1. The molecular weight excluding hydrogens is 278 g/mol. The first-order valence-corrected chi connectivity index (χ1v) is 7.71. The number of hydrogen-bond acceptors (Lipinski definition) is 4. The van der Waals surface area contributed by atoms with Crippen molar-refractivity contribution < 1.29 is 22.0 Å². The van der Waals surface area contributed by atoms with E-state index in [4.69, 9.17) is 0 Å². The third-order valence-corrected chi connectivity index (χ3v) is 5.64. The molecule has 1 aliphatic rings. The number of rotatable bonds is 4. The van der Waals surface area contributed by atoms with E-state index in [1.54, 1.807) is 20.8 Å². The van der Waals surface area contributed by atoms with Crippen LogP contribution in [0.4, 0.5) is 8.78 Å². The van der Waals surface area contributed by atoms with Crippen LogP contribution in [0.2, 0.25) is 0 Å². The second-order valence-corrected chi connectivity index (χ2v) is 8.58. The number of halogens is 2. The number of carbonyl (C=O) groups is 1. The quantitative estimate of drug-likeness (QED) is 0.783. The minimum atomic E-state index is -3.32. The number of nitrogens with one attached hydrogen (secondary N) is 2. The molecule has 0 aromatic rings. The SMILES string of the molecule is CC(C)(C)S(=O)(=O)CCNC(=O)C1CC(F)(F)CN1. The Hall–Kier alpha value is -0.760. The van der Waals surface area contributed by atoms with E-state index in [1.807, 2.05) is 0 Å². The molecule has 0 radical (unpaired) electrons. The van der Waals surface area contributed by atoms with Gasteiger partial charge in [0, 0.05) is 13.0 Å². The Labute approximate surface area is 112 Å². The molecule has 1 saturated heterocycles. The van der Waals surface area contributed by atoms with Crippen molar-refractivity contribution in [1.82, 2.24) is 10.6 Å². The molecular formula is C11H20F2N2O3S. The number of alkyl halides is 2. The lowest BCUT2D eigenvalue weighted by atomic mass is 10.2. The van der Waals surface area contributed by atoms with Gasteiger partial charge in [0.15, 0.2) is 9.84 Å². The highest BCUT2D eigenvalue weighted by Crippen LogP contribution is 2.25. The zero-order valence-electron chi connectivity index (χ0n) is 11.3. The summed E-state index contributed by atoms with van der Waals surface area (Å²) in [7, 11) is -3.32. The Morgan fingerprint density at radius 1 is 1.42 bits per heavy atom. The van der Waals surface area contributed by atoms with E-state index in [-0.39, 0.29) is 12.3 Å². The van der Waals surface area contributed by atoms with E-state index >= 15 is 0 Å². The molecule has 1 fully saturated rings. The fraction of sp³-hybridized carbons (Fsp3) is 0.909. The van der Waals surface area contributed by atoms with Gasteiger partial charge in [0.05, 0.1) is 23.1 Å². The van der Waals surface area contributed by atoms with Crippen LogP contribution in [0.1, 0.15) is 27.2 Å².